The quantitative estimate of drug-likeness (QED) is 0.160. The Kier molecular flexibility index (Phi) is 16.0. The predicted octanol–water partition coefficient (Wildman–Crippen LogP) is 12.3. The van der Waals surface area contributed by atoms with Gasteiger partial charge in [-0.15, -0.1) is 36.8 Å². The molecule has 0 spiro atoms. The third-order valence-corrected chi connectivity index (χ3v) is 9.06. The van der Waals surface area contributed by atoms with Crippen molar-refractivity contribution in [2.45, 2.75) is 78.1 Å². The number of rotatable bonds is 4. The molecule has 0 N–H and O–H groups in total. The Bertz CT molecular complexity index is 1550. The predicted molar refractivity (Wildman–Crippen MR) is 202 cm³/mol. The topological polar surface area (TPSA) is 0 Å². The number of halogens is 4. The molecular weight excluding hydrogens is 725 g/mol. The molecule has 0 heterocycles. The number of hydrogen-bond acceptors (Lipinski definition) is 0. The van der Waals surface area contributed by atoms with Gasteiger partial charge in [-0.25, -0.2) is 12.2 Å². The van der Waals surface area contributed by atoms with Crippen LogP contribution in [-0.2, 0) is 54.3 Å². The van der Waals surface area contributed by atoms with Gasteiger partial charge in [0.2, 0.25) is 0 Å². The summed E-state index contributed by atoms with van der Waals surface area (Å²) in [6.07, 6.45) is 13.0. The average Bonchev–Trinajstić information content (AvgIpc) is 3.64. The SMILES string of the molecule is CC(C)(C)c1c[c-]c2c(c1)-c1cc(C(C)(C)C)ccc1C2.Cl.Cl.Clc1cccc(C[C](=[Zr+2])Cc2cccc(Cl)c2)c1.[C-]1=CC=CC1. The monoisotopic (exact) mass is 766 g/mol. The first-order chi connectivity index (χ1) is 20.8. The van der Waals surface area contributed by atoms with Crippen molar-refractivity contribution < 1.29 is 24.2 Å². The third-order valence-electron chi connectivity index (χ3n) is 7.73. The fourth-order valence-corrected chi connectivity index (χ4v) is 6.60. The Morgan fingerprint density at radius 2 is 1.30 bits per heavy atom. The van der Waals surface area contributed by atoms with Gasteiger partial charge < -0.3 is 0 Å². The molecule has 6 rings (SSSR count). The molecule has 5 heteroatoms. The number of benzene rings is 4. The summed E-state index contributed by atoms with van der Waals surface area (Å²) in [5.41, 5.74) is 11.3. The van der Waals surface area contributed by atoms with E-state index in [1.807, 2.05) is 48.6 Å². The molecule has 0 radical (unpaired) electrons. The van der Waals surface area contributed by atoms with E-state index in [1.54, 1.807) is 0 Å². The third kappa shape index (κ3) is 12.1. The van der Waals surface area contributed by atoms with Crippen molar-refractivity contribution in [3.05, 3.63) is 153 Å². The van der Waals surface area contributed by atoms with E-state index in [0.717, 1.165) is 35.7 Å². The fraction of sp³-hybridized carbons (Fsp3) is 0.293. The van der Waals surface area contributed by atoms with Gasteiger partial charge in [0.15, 0.2) is 0 Å². The minimum absolute atomic E-state index is 0. The van der Waals surface area contributed by atoms with Crippen LogP contribution in [-0.4, -0.2) is 3.21 Å². The smallest absolute Gasteiger partial charge is 0.109 e. The van der Waals surface area contributed by atoms with Gasteiger partial charge in [-0.2, -0.15) is 35.4 Å². The molecule has 0 bridgehead atoms. The van der Waals surface area contributed by atoms with E-state index in [1.165, 1.54) is 71.9 Å². The summed E-state index contributed by atoms with van der Waals surface area (Å²) >= 11 is 13.4. The summed E-state index contributed by atoms with van der Waals surface area (Å²) < 4.78 is 1.49. The Hall–Kier alpha value is -1.73. The van der Waals surface area contributed by atoms with Crippen molar-refractivity contribution in [1.29, 1.82) is 0 Å². The molecule has 46 heavy (non-hydrogen) atoms. The Morgan fingerprint density at radius 1 is 0.739 bits per heavy atom. The standard InChI is InChI=1S/C21H25.C15H12Cl2.C5H5.2ClH.Zr/c1-20(2,3)16-9-7-14-11-15-8-10-17(21(4,5)6)13-19(15)18(14)12-16;16-14-8-2-6-12(10-14)4-1-5-13-7-3-9-15(17)11-13;1-2-4-5-3-1;;;/h7,9-10,12-13H,11H2,1-6H3;2-3,6-11H,4-5H2;1-3H,4H2;2*1H;/q-1;;-1;;;+2. The van der Waals surface area contributed by atoms with E-state index >= 15 is 0 Å². The van der Waals surface area contributed by atoms with Gasteiger partial charge in [-0.05, 0) is 17.4 Å². The summed E-state index contributed by atoms with van der Waals surface area (Å²) in [7, 11) is 0. The normalized spacial score (nSPS) is 12.4. The van der Waals surface area contributed by atoms with Crippen LogP contribution in [0.25, 0.3) is 11.1 Å². The largest absolute Gasteiger partial charge is 0.273 e. The molecule has 0 saturated carbocycles. The van der Waals surface area contributed by atoms with E-state index in [0.29, 0.717) is 0 Å². The van der Waals surface area contributed by atoms with E-state index in [2.05, 4.69) is 102 Å². The van der Waals surface area contributed by atoms with Crippen molar-refractivity contribution in [2.75, 3.05) is 0 Å². The van der Waals surface area contributed by atoms with Crippen LogP contribution in [0.1, 0.15) is 81.3 Å². The van der Waals surface area contributed by atoms with Crippen LogP contribution in [0, 0.1) is 12.1 Å². The fourth-order valence-electron chi connectivity index (χ4n) is 5.17. The molecule has 2 aliphatic rings. The molecule has 240 valence electrons. The van der Waals surface area contributed by atoms with Gasteiger partial charge in [0, 0.05) is 0 Å². The van der Waals surface area contributed by atoms with Crippen LogP contribution in [0.3, 0.4) is 0 Å². The van der Waals surface area contributed by atoms with E-state index in [9.17, 15) is 0 Å². The molecule has 0 aromatic heterocycles. The zero-order chi connectivity index (χ0) is 31.9. The minimum atomic E-state index is 0. The van der Waals surface area contributed by atoms with Gasteiger partial charge in [0.25, 0.3) is 0 Å². The second-order valence-corrected chi connectivity index (χ2v) is 16.2. The van der Waals surface area contributed by atoms with Crippen LogP contribution in [0.4, 0.5) is 0 Å². The second-order valence-electron chi connectivity index (χ2n) is 13.5. The van der Waals surface area contributed by atoms with Crippen LogP contribution in [0.2, 0.25) is 10.0 Å². The summed E-state index contributed by atoms with van der Waals surface area (Å²) in [4.78, 5) is 0. The molecule has 0 saturated heterocycles. The molecule has 0 atom stereocenters. The van der Waals surface area contributed by atoms with Gasteiger partial charge in [-0.1, -0.05) is 76.3 Å². The first-order valence-corrected chi connectivity index (χ1v) is 17.2. The maximum absolute atomic E-state index is 5.99. The van der Waals surface area contributed by atoms with Crippen LogP contribution >= 0.6 is 48.0 Å². The van der Waals surface area contributed by atoms with Crippen molar-refractivity contribution >= 4 is 51.2 Å². The van der Waals surface area contributed by atoms with Crippen LogP contribution in [0.5, 0.6) is 0 Å². The molecule has 0 nitrogen and oxygen atoms in total. The summed E-state index contributed by atoms with van der Waals surface area (Å²) in [5, 5.41) is 1.61. The minimum Gasteiger partial charge on any atom is -0.273 e. The van der Waals surface area contributed by atoms with Gasteiger partial charge in [0.1, 0.15) is 0 Å². The van der Waals surface area contributed by atoms with Crippen LogP contribution < -0.4 is 0 Å². The molecule has 2 aliphatic carbocycles. The van der Waals surface area contributed by atoms with Crippen molar-refractivity contribution in [3.63, 3.8) is 0 Å². The summed E-state index contributed by atoms with van der Waals surface area (Å²) in [6.45, 7) is 13.6. The van der Waals surface area contributed by atoms with E-state index in [-0.39, 0.29) is 35.6 Å². The van der Waals surface area contributed by atoms with Crippen molar-refractivity contribution in [2.24, 2.45) is 0 Å². The maximum atomic E-state index is 5.99. The van der Waals surface area contributed by atoms with Gasteiger partial charge in [-0.3, -0.25) is 6.08 Å². The van der Waals surface area contributed by atoms with E-state index in [4.69, 9.17) is 23.2 Å². The average molecular weight is 770 g/mol. The molecule has 0 amide bonds. The zero-order valence-electron chi connectivity index (χ0n) is 27.6. The Balaban J connectivity index is 0.000000270. The number of hydrogen-bond donors (Lipinski definition) is 0. The Labute approximate surface area is 314 Å². The molecular formula is C41H44Cl4Zr. The molecule has 4 aromatic rings. The maximum Gasteiger partial charge on any atom is -0.109 e. The zero-order valence-corrected chi connectivity index (χ0v) is 33.2. The molecule has 0 unspecified atom stereocenters. The van der Waals surface area contributed by atoms with E-state index < -0.39 is 0 Å². The number of fused-ring (bicyclic) bond motifs is 3. The van der Waals surface area contributed by atoms with Gasteiger partial charge in [0.05, 0.1) is 0 Å². The molecule has 4 aromatic carbocycles. The van der Waals surface area contributed by atoms with Crippen molar-refractivity contribution in [1.82, 2.24) is 0 Å². The second kappa shape index (κ2) is 18.2. The number of allylic oxidation sites excluding steroid dienone is 4. The first-order valence-electron chi connectivity index (χ1n) is 15.3. The molecule has 0 aliphatic heterocycles. The first kappa shape index (κ1) is 40.4. The summed E-state index contributed by atoms with van der Waals surface area (Å²) in [5.74, 6) is 0. The summed E-state index contributed by atoms with van der Waals surface area (Å²) in [6, 6.07) is 31.2. The van der Waals surface area contributed by atoms with Crippen LogP contribution in [0.15, 0.2) is 97.1 Å². The Morgan fingerprint density at radius 3 is 1.76 bits per heavy atom. The molecule has 0 fully saturated rings. The van der Waals surface area contributed by atoms with Crippen molar-refractivity contribution in [3.8, 4) is 11.1 Å². The van der Waals surface area contributed by atoms with Gasteiger partial charge >= 0.3 is 133 Å².